The smallest absolute Gasteiger partial charge is 0.368 e. The van der Waals surface area contributed by atoms with E-state index in [2.05, 4.69) is 15.3 Å². The number of ketones is 1. The number of rotatable bonds is 4. The van der Waals surface area contributed by atoms with Gasteiger partial charge in [0, 0.05) is 48.9 Å². The number of imidazole rings is 2. The summed E-state index contributed by atoms with van der Waals surface area (Å²) in [6.07, 6.45) is 6.30. The maximum absolute atomic E-state index is 12.7. The molecule has 0 atom stereocenters. The average molecular weight is 473 g/mol. The normalized spacial score (nSPS) is 18.5. The van der Waals surface area contributed by atoms with Crippen molar-refractivity contribution in [3.05, 3.63) is 66.4 Å². The van der Waals surface area contributed by atoms with Crippen LogP contribution >= 0.6 is 0 Å². The number of nitrogens with one attached hydrogen (secondary N) is 1. The second kappa shape index (κ2) is 9.84. The lowest BCUT2D eigenvalue weighted by Gasteiger charge is -2.27. The maximum Gasteiger partial charge on any atom is 0.434 e. The fraction of sp³-hybridized carbons (Fsp3) is 0.375. The maximum atomic E-state index is 12.7. The molecule has 4 heterocycles. The lowest BCUT2D eigenvalue weighted by Crippen LogP contribution is -2.33. The molecule has 180 valence electrons. The molecule has 1 aliphatic carbocycles. The largest absolute Gasteiger partial charge is 0.434 e. The molecular weight excluding hydrogens is 445 g/mol. The summed E-state index contributed by atoms with van der Waals surface area (Å²) >= 11 is 0. The Bertz CT molecular complexity index is 1270. The van der Waals surface area contributed by atoms with Gasteiger partial charge in [0.1, 0.15) is 17.1 Å². The van der Waals surface area contributed by atoms with Crippen molar-refractivity contribution in [2.45, 2.75) is 57.3 Å². The van der Waals surface area contributed by atoms with Crippen molar-refractivity contribution in [1.29, 1.82) is 0 Å². The first-order valence-electron chi connectivity index (χ1n) is 11.3. The number of hydrogen-bond donors (Lipinski definition) is 2. The first-order chi connectivity index (χ1) is 16.2. The Kier molecular flexibility index (Phi) is 6.87. The molecule has 5 rings (SSSR count). The van der Waals surface area contributed by atoms with E-state index in [1.807, 2.05) is 35.9 Å². The Balaban J connectivity index is 0.000000180. The molecule has 0 saturated heterocycles. The lowest BCUT2D eigenvalue weighted by molar-refractivity contribution is -0.140. The summed E-state index contributed by atoms with van der Waals surface area (Å²) in [5.74, 6) is 0.793. The lowest BCUT2D eigenvalue weighted by atomic mass is 9.92. The van der Waals surface area contributed by atoms with Crippen molar-refractivity contribution < 1.29 is 18.0 Å². The van der Waals surface area contributed by atoms with E-state index in [1.54, 1.807) is 24.4 Å². The molecule has 0 spiro atoms. The zero-order chi connectivity index (χ0) is 24.3. The third-order valence-electron chi connectivity index (χ3n) is 5.95. The minimum atomic E-state index is -4.43. The van der Waals surface area contributed by atoms with Gasteiger partial charge < -0.3 is 15.5 Å². The highest BCUT2D eigenvalue weighted by Crippen LogP contribution is 2.30. The van der Waals surface area contributed by atoms with Crippen LogP contribution in [0.2, 0.25) is 0 Å². The summed E-state index contributed by atoms with van der Waals surface area (Å²) in [5.41, 5.74) is 6.84. The third kappa shape index (κ3) is 5.39. The second-order valence-electron chi connectivity index (χ2n) is 8.40. The Morgan fingerprint density at radius 2 is 1.91 bits per heavy atom. The zero-order valence-electron chi connectivity index (χ0n) is 18.8. The van der Waals surface area contributed by atoms with Crippen LogP contribution in [0.3, 0.4) is 0 Å². The average Bonchev–Trinajstić information content (AvgIpc) is 3.47. The van der Waals surface area contributed by atoms with Crippen molar-refractivity contribution >= 4 is 22.9 Å². The number of carbonyl (C=O) groups excluding carboxylic acids is 1. The molecule has 0 aliphatic heterocycles. The van der Waals surface area contributed by atoms with Crippen molar-refractivity contribution in [2.24, 2.45) is 5.73 Å². The Morgan fingerprint density at radius 3 is 2.62 bits per heavy atom. The molecule has 7 nitrogen and oxygen atoms in total. The SMILES string of the molecule is CCC(=O)c1ccn2ccnc2c1.NC1CCC(Nc2cccc3nc(C(F)(F)F)cn23)CC1. The van der Waals surface area contributed by atoms with Crippen LogP contribution in [-0.2, 0) is 6.18 Å². The molecule has 4 aromatic heterocycles. The van der Waals surface area contributed by atoms with Crippen LogP contribution in [0.15, 0.2) is 55.1 Å². The summed E-state index contributed by atoms with van der Waals surface area (Å²) in [6, 6.07) is 9.16. The molecular formula is C24H27F3N6O. The summed E-state index contributed by atoms with van der Waals surface area (Å²) in [6.45, 7) is 1.86. The van der Waals surface area contributed by atoms with Gasteiger partial charge in [0.25, 0.3) is 0 Å². The molecule has 0 bridgehead atoms. The molecule has 1 aliphatic rings. The van der Waals surface area contributed by atoms with Gasteiger partial charge in [-0.05, 0) is 49.9 Å². The van der Waals surface area contributed by atoms with Crippen LogP contribution < -0.4 is 11.1 Å². The number of nitrogens with two attached hydrogens (primary N) is 1. The standard InChI is InChI=1S/C14H17F3N4.C10H10N2O/c15-14(16,17)11-8-21-12(2-1-3-13(21)20-11)19-10-6-4-9(18)5-7-10;1-2-9(13)8-3-5-12-6-4-11-10(12)7-8/h1-3,8-10,19H,4-7,18H2;3-7H,2H2,1H3. The van der Waals surface area contributed by atoms with E-state index in [0.717, 1.165) is 43.1 Å². The molecule has 0 amide bonds. The number of pyridine rings is 2. The molecule has 4 aromatic rings. The van der Waals surface area contributed by atoms with Gasteiger partial charge in [-0.15, -0.1) is 0 Å². The molecule has 0 aromatic carbocycles. The van der Waals surface area contributed by atoms with Gasteiger partial charge in [-0.1, -0.05) is 13.0 Å². The zero-order valence-corrected chi connectivity index (χ0v) is 18.8. The topological polar surface area (TPSA) is 89.7 Å². The van der Waals surface area contributed by atoms with Gasteiger partial charge in [0.2, 0.25) is 0 Å². The summed E-state index contributed by atoms with van der Waals surface area (Å²) in [7, 11) is 0. The Labute approximate surface area is 194 Å². The number of Topliss-reactive ketones (excluding diaryl/α,β-unsaturated/α-hetero) is 1. The van der Waals surface area contributed by atoms with Crippen LogP contribution in [0.25, 0.3) is 11.3 Å². The number of halogens is 3. The van der Waals surface area contributed by atoms with Gasteiger partial charge in [-0.25, -0.2) is 9.97 Å². The first-order valence-corrected chi connectivity index (χ1v) is 11.3. The summed E-state index contributed by atoms with van der Waals surface area (Å²) in [4.78, 5) is 19.1. The number of anilines is 1. The van der Waals surface area contributed by atoms with E-state index >= 15 is 0 Å². The Morgan fingerprint density at radius 1 is 1.15 bits per heavy atom. The van der Waals surface area contributed by atoms with E-state index in [9.17, 15) is 18.0 Å². The highest BCUT2D eigenvalue weighted by Gasteiger charge is 2.34. The number of alkyl halides is 3. The highest BCUT2D eigenvalue weighted by atomic mass is 19.4. The van der Waals surface area contributed by atoms with Gasteiger partial charge >= 0.3 is 6.18 Å². The van der Waals surface area contributed by atoms with Crippen LogP contribution in [0.5, 0.6) is 0 Å². The molecule has 1 saturated carbocycles. The molecule has 0 unspecified atom stereocenters. The predicted molar refractivity (Wildman–Crippen MR) is 124 cm³/mol. The van der Waals surface area contributed by atoms with E-state index < -0.39 is 11.9 Å². The fourth-order valence-corrected chi connectivity index (χ4v) is 4.03. The monoisotopic (exact) mass is 472 g/mol. The first kappa shape index (κ1) is 23.7. The quantitative estimate of drug-likeness (QED) is 0.410. The number of hydrogen-bond acceptors (Lipinski definition) is 5. The number of carbonyl (C=O) groups is 1. The fourth-order valence-electron chi connectivity index (χ4n) is 4.03. The van der Waals surface area contributed by atoms with Crippen molar-refractivity contribution in [3.63, 3.8) is 0 Å². The van der Waals surface area contributed by atoms with Crippen LogP contribution in [0.1, 0.15) is 55.1 Å². The molecule has 1 fully saturated rings. The molecule has 10 heteroatoms. The minimum Gasteiger partial charge on any atom is -0.368 e. The molecule has 3 N–H and O–H groups in total. The van der Waals surface area contributed by atoms with Gasteiger partial charge in [0.15, 0.2) is 11.5 Å². The van der Waals surface area contributed by atoms with E-state index in [-0.39, 0.29) is 17.9 Å². The van der Waals surface area contributed by atoms with Crippen molar-refractivity contribution in [1.82, 2.24) is 18.8 Å². The van der Waals surface area contributed by atoms with Crippen LogP contribution in [0.4, 0.5) is 19.0 Å². The van der Waals surface area contributed by atoms with Crippen molar-refractivity contribution in [3.8, 4) is 0 Å². The number of fused-ring (bicyclic) bond motifs is 2. The molecule has 34 heavy (non-hydrogen) atoms. The van der Waals surface area contributed by atoms with Crippen LogP contribution in [-0.4, -0.2) is 36.6 Å². The predicted octanol–water partition coefficient (Wildman–Crippen LogP) is 4.96. The summed E-state index contributed by atoms with van der Waals surface area (Å²) < 4.78 is 41.6. The van der Waals surface area contributed by atoms with Gasteiger partial charge in [-0.3, -0.25) is 9.20 Å². The second-order valence-corrected chi connectivity index (χ2v) is 8.40. The van der Waals surface area contributed by atoms with Gasteiger partial charge in [0.05, 0.1) is 0 Å². The van der Waals surface area contributed by atoms with E-state index in [4.69, 9.17) is 5.73 Å². The van der Waals surface area contributed by atoms with Crippen molar-refractivity contribution in [2.75, 3.05) is 5.32 Å². The van der Waals surface area contributed by atoms with E-state index in [1.165, 1.54) is 4.40 Å². The number of nitrogens with zero attached hydrogens (tertiary/aromatic N) is 4. The van der Waals surface area contributed by atoms with Crippen LogP contribution in [0, 0.1) is 0 Å². The Hall–Kier alpha value is -3.40. The van der Waals surface area contributed by atoms with E-state index in [0.29, 0.717) is 17.9 Å². The summed E-state index contributed by atoms with van der Waals surface area (Å²) in [5, 5.41) is 3.31. The minimum absolute atomic E-state index is 0.158. The number of aromatic nitrogens is 4. The third-order valence-corrected chi connectivity index (χ3v) is 5.95. The van der Waals surface area contributed by atoms with Gasteiger partial charge in [-0.2, -0.15) is 13.2 Å². The highest BCUT2D eigenvalue weighted by molar-refractivity contribution is 5.96. The molecule has 0 radical (unpaired) electrons.